The molecule has 0 saturated carbocycles. The number of aliphatic hydroxyl groups is 1. The number of methoxy groups -OCH3 is 4. The van der Waals surface area contributed by atoms with Crippen LogP contribution in [0.25, 0.3) is 0 Å². The minimum absolute atomic E-state index is 0. The number of rotatable bonds is 30. The third-order valence-corrected chi connectivity index (χ3v) is 30.0. The van der Waals surface area contributed by atoms with Crippen molar-refractivity contribution in [1.82, 2.24) is 23.1 Å². The van der Waals surface area contributed by atoms with Crippen LogP contribution in [0.1, 0.15) is 92.9 Å². The van der Waals surface area contributed by atoms with E-state index >= 15 is 0 Å². The summed E-state index contributed by atoms with van der Waals surface area (Å²) >= 11 is 5.69. The first-order chi connectivity index (χ1) is 49.3. The predicted molar refractivity (Wildman–Crippen MR) is 416 cm³/mol. The summed E-state index contributed by atoms with van der Waals surface area (Å²) in [5.41, 5.74) is 5.38. The lowest BCUT2D eigenvalue weighted by molar-refractivity contribution is -0.143. The fourth-order valence-corrected chi connectivity index (χ4v) is 23.2. The molecule has 107 heavy (non-hydrogen) atoms. The Morgan fingerprint density at radius 1 is 0.542 bits per heavy atom. The summed E-state index contributed by atoms with van der Waals surface area (Å²) < 4.78 is 150. The summed E-state index contributed by atoms with van der Waals surface area (Å²) in [7, 11) is -9.74. The summed E-state index contributed by atoms with van der Waals surface area (Å²) in [5, 5.41) is 28.4. The number of sulfonamides is 4. The van der Waals surface area contributed by atoms with E-state index in [0.717, 1.165) is 30.9 Å². The minimum atomic E-state index is -4.01. The van der Waals surface area contributed by atoms with Crippen LogP contribution in [0, 0.1) is 27.7 Å². The van der Waals surface area contributed by atoms with Gasteiger partial charge in [0.1, 0.15) is 50.8 Å². The van der Waals surface area contributed by atoms with Crippen molar-refractivity contribution < 1.29 is 112 Å². The van der Waals surface area contributed by atoms with Gasteiger partial charge in [0.15, 0.2) is 0 Å². The molecule has 3 heterocycles. The number of carbonyl (C=O) groups is 4. The molecule has 4 aromatic carbocycles. The van der Waals surface area contributed by atoms with Crippen LogP contribution in [0.4, 0.5) is 4.70 Å². The Labute approximate surface area is 649 Å². The van der Waals surface area contributed by atoms with Gasteiger partial charge in [-0.25, -0.2) is 39.2 Å². The fourth-order valence-electron chi connectivity index (χ4n) is 11.3. The van der Waals surface area contributed by atoms with Crippen molar-refractivity contribution in [3.05, 3.63) is 119 Å². The largest absolute Gasteiger partial charge is 0.480 e. The molecule has 4 aromatic rings. The van der Waals surface area contributed by atoms with Crippen molar-refractivity contribution in [3.8, 4) is 0 Å². The first kappa shape index (κ1) is 96.9. The van der Waals surface area contributed by atoms with E-state index in [1.54, 1.807) is 119 Å². The molecule has 3 saturated heterocycles. The highest BCUT2D eigenvalue weighted by Gasteiger charge is 2.52. The monoisotopic (exact) mass is 1670 g/mol. The molecule has 0 radical (unpaired) electrons. The highest BCUT2D eigenvalue weighted by Crippen LogP contribution is 2.42. The molecule has 3 fully saturated rings. The zero-order valence-electron chi connectivity index (χ0n) is 63.9. The number of carboxylic acids is 1. The Morgan fingerprint density at radius 3 is 1.15 bits per heavy atom. The molecule has 0 aliphatic carbocycles. The van der Waals surface area contributed by atoms with Crippen LogP contribution in [0.5, 0.6) is 0 Å². The van der Waals surface area contributed by atoms with Crippen LogP contribution < -0.4 is 10.2 Å². The van der Waals surface area contributed by atoms with E-state index in [1.165, 1.54) is 118 Å². The maximum Gasteiger partial charge on any atom is 0.323 e. The summed E-state index contributed by atoms with van der Waals surface area (Å²) in [5.74, 6) is -0.512. The highest BCUT2D eigenvalue weighted by atomic mass is 32.2. The number of nitrogens with zero attached hydrogens (tertiary/aromatic N) is 3. The second-order valence-electron chi connectivity index (χ2n) is 27.4. The molecular formula is C70H110FN5O23S8. The van der Waals surface area contributed by atoms with E-state index in [-0.39, 0.29) is 96.8 Å². The van der Waals surface area contributed by atoms with Crippen molar-refractivity contribution in [1.29, 1.82) is 0 Å². The summed E-state index contributed by atoms with van der Waals surface area (Å²) in [6.45, 7) is 24.7. The van der Waals surface area contributed by atoms with E-state index in [1.807, 2.05) is 41.5 Å². The van der Waals surface area contributed by atoms with Crippen molar-refractivity contribution in [2.24, 2.45) is 0 Å². The van der Waals surface area contributed by atoms with Crippen LogP contribution in [0.15, 0.2) is 117 Å². The van der Waals surface area contributed by atoms with Crippen molar-refractivity contribution in [2.45, 2.75) is 184 Å². The van der Waals surface area contributed by atoms with E-state index in [9.17, 15) is 68.3 Å². The Balaban J connectivity index is 0.000000486. The molecule has 5 N–H and O–H groups in total. The van der Waals surface area contributed by atoms with Gasteiger partial charge in [-0.2, -0.15) is 64.7 Å². The number of halogens is 1. The Kier molecular flexibility index (Phi) is 39.1. The van der Waals surface area contributed by atoms with Gasteiger partial charge in [0.25, 0.3) is 5.91 Å². The lowest BCUT2D eigenvalue weighted by atomic mass is 9.99. The van der Waals surface area contributed by atoms with E-state index in [4.69, 9.17) is 37.9 Å². The average Bonchev–Trinajstić information content (AvgIpc) is 1.42. The average molecular weight is 1670 g/mol. The summed E-state index contributed by atoms with van der Waals surface area (Å²) in [4.78, 5) is 49.5. The number of hydrogen-bond donors (Lipinski definition) is 5. The highest BCUT2D eigenvalue weighted by molar-refractivity contribution is 8.01. The number of aryl methyl sites for hydroxylation is 4. The number of benzene rings is 4. The third-order valence-electron chi connectivity index (χ3n) is 17.0. The predicted octanol–water partition coefficient (Wildman–Crippen LogP) is 7.91. The Morgan fingerprint density at radius 2 is 0.850 bits per heavy atom. The van der Waals surface area contributed by atoms with E-state index in [0.29, 0.717) is 23.0 Å². The number of nitrogens with one attached hydrogen (secondary N) is 2. The number of aliphatic carboxylic acids is 1. The number of hydrogen-bond acceptors (Lipinski definition) is 26. The number of Topliss-reactive ketones (excluding diaryl/α,β-unsaturated/α-hetero) is 2. The topological polar surface area (TPSA) is 373 Å². The van der Waals surface area contributed by atoms with E-state index < -0.39 is 113 Å². The van der Waals surface area contributed by atoms with Crippen molar-refractivity contribution in [3.63, 3.8) is 0 Å². The second-order valence-corrected chi connectivity index (χ2v) is 41.5. The number of carboxylic acid groups (broad SMARTS) is 1. The number of thioether (sulfide) groups is 4. The van der Waals surface area contributed by atoms with Gasteiger partial charge in [-0.05, 0) is 145 Å². The molecule has 3 aliphatic heterocycles. The van der Waals surface area contributed by atoms with Gasteiger partial charge >= 0.3 is 5.97 Å². The van der Waals surface area contributed by atoms with E-state index in [2.05, 4.69) is 4.72 Å². The Hall–Kier alpha value is -4.27. The van der Waals surface area contributed by atoms with Crippen LogP contribution in [0.3, 0.4) is 0 Å². The number of aliphatic hydroxyl groups excluding tert-OH is 1. The Bertz CT molecular complexity index is 3820. The van der Waals surface area contributed by atoms with Gasteiger partial charge in [-0.3, -0.25) is 29.1 Å². The lowest BCUT2D eigenvalue weighted by Crippen LogP contribution is -2.57. The van der Waals surface area contributed by atoms with Crippen LogP contribution >= 0.6 is 47.0 Å². The minimum Gasteiger partial charge on any atom is -0.480 e. The molecule has 0 aromatic heterocycles. The van der Waals surface area contributed by atoms with Gasteiger partial charge in [0, 0.05) is 91.5 Å². The number of hydroxylamine groups is 1. The molecule has 37 heteroatoms. The normalized spacial score (nSPS) is 21.4. The SMILES string of the molecule is COCO[C@H](CO)CSC(C)(C)[C@@H](NS(=O)(=O)c1ccc(C)cc1)C(C)=O.COCO[C@H]1CSC(C)(C)[C@H](C(=O)NO)N(S(=O)(=O)c2ccc(C)cc2)C1.COCO[C@H]1CSC(C)(C)[C@H](C(=O)O)N(S(=O)(=O)c2ccc(C)cc2)C1.COCO[C@H]1CSC(C)(C)[C@H](C(C)=O)N(S(=O)(=O)c2ccc(C)cc2)C1.F.[3HH]. The summed E-state index contributed by atoms with van der Waals surface area (Å²) in [6, 6.07) is 21.9. The smallest absolute Gasteiger partial charge is 0.323 e. The number of carbonyl (C=O) groups excluding carboxylic acids is 3. The second kappa shape index (κ2) is 43.1. The fraction of sp³-hybridized carbons (Fsp3) is 0.600. The molecule has 0 spiro atoms. The number of ether oxygens (including phenoxy) is 8. The lowest BCUT2D eigenvalue weighted by Gasteiger charge is -2.37. The van der Waals surface area contributed by atoms with Gasteiger partial charge in [0.05, 0.1) is 62.7 Å². The molecule has 28 nitrogen and oxygen atoms in total. The maximum absolute atomic E-state index is 13.4. The maximum atomic E-state index is 13.4. The number of ketones is 2. The first-order valence-electron chi connectivity index (χ1n) is 33.5. The molecular weight excluding hydrogens is 1550 g/mol. The van der Waals surface area contributed by atoms with Crippen LogP contribution in [-0.2, 0) is 97.2 Å². The molecule has 3 aliphatic rings. The molecule has 0 bridgehead atoms. The van der Waals surface area contributed by atoms with Gasteiger partial charge < -0.3 is 48.1 Å². The number of amides is 1. The zero-order valence-corrected chi connectivity index (χ0v) is 70.4. The zero-order chi connectivity index (χ0) is 80.0. The molecule has 7 rings (SSSR count). The molecule has 8 atom stereocenters. The first-order valence-corrected chi connectivity index (χ1v) is 43.2. The van der Waals surface area contributed by atoms with Gasteiger partial charge in [-0.1, -0.05) is 70.8 Å². The van der Waals surface area contributed by atoms with Crippen LogP contribution in [0.2, 0.25) is 0 Å². The van der Waals surface area contributed by atoms with Crippen LogP contribution in [-0.4, -0.2) is 258 Å². The standard InChI is InChI=1S/C18H29NO6S2.C18H27NO5S2.C17H26N2O6S2.C17H25NO6S2.FH.H2/c1-13-6-8-16(9-7-13)27(22,23)19-17(14(2)21)18(3,4)26-11-15(10-20)25-12-24-5;1-13-6-8-16(9-7-13)26(21,22)19-10-15(24-12-23-5)11-25-18(3,4)17(19)14(2)20;1-12-5-7-14(8-6-12)27(22,23)19-9-13(25-11-24-4)10-26-17(2,3)15(19)16(20)18-21;1-12-5-7-14(8-6-12)26(21,22)18-9-13(24-11-23-4)10-25-17(2,3)15(18)16(19)20;;/h6-9,15,17,19-20H,10-12H2,1-5H3;6-9,15,17H,10-12H2,1-5H3;5-8,13,15,21H,9-11H2,1-4H3,(H,18,20);5-8,13,15H,9-11H2,1-4H3,(H,19,20);2*1H/t2*15-,17+;2*13-,15+;;/m1111../s1/i;;;;;1+2. The van der Waals surface area contributed by atoms with Gasteiger partial charge in [0.2, 0.25) is 40.1 Å². The molecule has 1 amide bonds. The van der Waals surface area contributed by atoms with Crippen molar-refractivity contribution >= 4 is 111 Å². The quantitative estimate of drug-likeness (QED) is 0.0188. The molecule has 0 unspecified atom stereocenters. The molecule has 608 valence electrons. The third kappa shape index (κ3) is 27.8. The summed E-state index contributed by atoms with van der Waals surface area (Å²) in [6.07, 6.45) is -1.77. The van der Waals surface area contributed by atoms with Crippen molar-refractivity contribution in [2.75, 3.05) is 105 Å². The van der Waals surface area contributed by atoms with Gasteiger partial charge in [-0.15, -0.1) is 0 Å².